The molecule has 0 radical (unpaired) electrons. The highest BCUT2D eigenvalue weighted by molar-refractivity contribution is 7.13. The number of rotatable bonds is 14. The number of methoxy groups -OCH3 is 1. The predicted molar refractivity (Wildman–Crippen MR) is 242 cm³/mol. The number of nitrogens with two attached hydrogens (primary N) is 3. The number of carbonyl (C=O) groups is 4. The molecular weight excluding hydrogens is 817 g/mol. The SMILES string of the molecule is CN[C@H](C)[C@H](O)c1ccccc1.COC(=O)CN.C[C@H](N)C(=O)N(C)[C@H](C)[C@H](O)c1ccccc1.C[C@H](NP)C(=O)O.C[C@H]([C@H](O)c1ccccc1)N(C)C(=O)CN.Cl.O. The van der Waals surface area contributed by atoms with Crippen molar-refractivity contribution in [3.63, 3.8) is 0 Å². The van der Waals surface area contributed by atoms with Crippen LogP contribution in [0.2, 0.25) is 0 Å². The first-order valence-electron chi connectivity index (χ1n) is 18.6. The van der Waals surface area contributed by atoms with E-state index in [0.717, 1.165) is 16.7 Å². The first-order valence-corrected chi connectivity index (χ1v) is 19.1. The number of carboxylic acids is 1. The Morgan fingerprint density at radius 2 is 1.05 bits per heavy atom. The molecule has 3 aromatic carbocycles. The van der Waals surface area contributed by atoms with Crippen molar-refractivity contribution in [3.8, 4) is 0 Å². The van der Waals surface area contributed by atoms with Gasteiger partial charge in [0.25, 0.3) is 0 Å². The number of amides is 2. The average Bonchev–Trinajstić information content (AvgIpc) is 3.27. The number of carbonyl (C=O) groups excluding carboxylic acids is 3. The number of aliphatic carboxylic acids is 1. The van der Waals surface area contributed by atoms with Crippen LogP contribution in [0.25, 0.3) is 0 Å². The molecular formula is C41H71ClN7O10P. The number of hydrogen-bond acceptors (Lipinski definition) is 13. The van der Waals surface area contributed by atoms with E-state index in [-0.39, 0.29) is 66.9 Å². The lowest BCUT2D eigenvalue weighted by Crippen LogP contribution is -2.46. The highest BCUT2D eigenvalue weighted by Gasteiger charge is 2.26. The van der Waals surface area contributed by atoms with Crippen LogP contribution in [0, 0.1) is 0 Å². The van der Waals surface area contributed by atoms with E-state index in [1.54, 1.807) is 41.8 Å². The standard InChI is InChI=1S/C13H20N2O2.C12H18N2O2.C10H15NO.C3H8NO2P.C3H7NO2.ClH.H2O/c1-9(14)13(17)15(3)10(2)12(16)11-7-5-4-6-8-11;1-9(14(2)11(15)8-13)12(16)10-6-4-3-5-7-10;1-8(11-2)10(12)9-6-4-3-5-7-9;1-2(4-7)3(5)6;1-6-3(5)2-4;;/h4-10,12,16H,14H2,1-3H3;3-7,9,12,16H,8,13H2,1-2H3;3-8,10-12H,1-2H3;2,4H,7H2,1H3,(H,5,6);2,4H2,1H3;1H;1H2/t9-,10+,12-;9-,12+;8-,10+;2-;;;/m0110.../s1. The molecule has 0 saturated carbocycles. The fourth-order valence-electron chi connectivity index (χ4n) is 4.43. The molecule has 3 rings (SSSR count). The van der Waals surface area contributed by atoms with Crippen molar-refractivity contribution in [1.29, 1.82) is 0 Å². The summed E-state index contributed by atoms with van der Waals surface area (Å²) in [5.41, 5.74) is 18.2. The van der Waals surface area contributed by atoms with Gasteiger partial charge in [0, 0.05) is 20.1 Å². The lowest BCUT2D eigenvalue weighted by molar-refractivity contribution is -0.139. The van der Waals surface area contributed by atoms with Gasteiger partial charge in [-0.25, -0.2) is 0 Å². The van der Waals surface area contributed by atoms with Crippen LogP contribution in [-0.4, -0.2) is 131 Å². The van der Waals surface area contributed by atoms with Gasteiger partial charge in [-0.05, 0) is 58.4 Å². The quantitative estimate of drug-likeness (QED) is 0.0816. The Morgan fingerprint density at radius 3 is 1.28 bits per heavy atom. The second kappa shape index (κ2) is 35.6. The summed E-state index contributed by atoms with van der Waals surface area (Å²) in [5, 5.41) is 43.6. The molecule has 0 aliphatic carbocycles. The molecule has 0 aliphatic heterocycles. The Hall–Kier alpha value is -4.10. The van der Waals surface area contributed by atoms with Gasteiger partial charge in [-0.1, -0.05) is 100 Å². The number of aliphatic hydroxyl groups is 3. The van der Waals surface area contributed by atoms with E-state index in [1.807, 2.05) is 105 Å². The zero-order chi connectivity index (χ0) is 45.0. The number of carboxylic acid groups (broad SMARTS) is 1. The monoisotopic (exact) mass is 887 g/mol. The van der Waals surface area contributed by atoms with Gasteiger partial charge in [0.15, 0.2) is 0 Å². The summed E-state index contributed by atoms with van der Waals surface area (Å²) in [5.74, 6) is -1.57. The van der Waals surface area contributed by atoms with Crippen LogP contribution in [0.4, 0.5) is 0 Å². The molecule has 0 aromatic heterocycles. The van der Waals surface area contributed by atoms with Crippen LogP contribution >= 0.6 is 21.8 Å². The Kier molecular flexibility index (Phi) is 37.2. The maximum absolute atomic E-state index is 11.7. The Balaban J connectivity index is -0.000000340. The lowest BCUT2D eigenvalue weighted by Gasteiger charge is -2.30. The maximum atomic E-state index is 11.7. The number of nitrogens with zero attached hydrogens (tertiary/aromatic N) is 2. The molecule has 0 saturated heterocycles. The number of esters is 1. The van der Waals surface area contributed by atoms with Crippen molar-refractivity contribution in [2.45, 2.75) is 83.1 Å². The summed E-state index contributed by atoms with van der Waals surface area (Å²) in [4.78, 5) is 45.7. The Morgan fingerprint density at radius 1 is 0.700 bits per heavy atom. The summed E-state index contributed by atoms with van der Waals surface area (Å²) in [6, 6.07) is 26.7. The third kappa shape index (κ3) is 24.9. The highest BCUT2D eigenvalue weighted by atomic mass is 35.5. The van der Waals surface area contributed by atoms with E-state index in [9.17, 15) is 34.5 Å². The van der Waals surface area contributed by atoms with E-state index in [0.29, 0.717) is 0 Å². The predicted octanol–water partition coefficient (Wildman–Crippen LogP) is 1.32. The van der Waals surface area contributed by atoms with Crippen LogP contribution in [-0.2, 0) is 23.9 Å². The zero-order valence-corrected chi connectivity index (χ0v) is 38.1. The molecule has 60 heavy (non-hydrogen) atoms. The summed E-state index contributed by atoms with van der Waals surface area (Å²) in [7, 11) is 8.58. The van der Waals surface area contributed by atoms with Crippen LogP contribution in [0.3, 0.4) is 0 Å². The molecule has 0 heterocycles. The van der Waals surface area contributed by atoms with E-state index >= 15 is 0 Å². The van der Waals surface area contributed by atoms with Gasteiger partial charge in [0.1, 0.15) is 6.04 Å². The second-order valence-corrected chi connectivity index (χ2v) is 13.4. The molecule has 2 amide bonds. The van der Waals surface area contributed by atoms with E-state index < -0.39 is 36.4 Å². The topological polar surface area (TPSA) is 299 Å². The molecule has 0 spiro atoms. The van der Waals surface area contributed by atoms with Gasteiger partial charge in [0.05, 0.1) is 56.6 Å². The van der Waals surface area contributed by atoms with Gasteiger partial charge in [0.2, 0.25) is 11.8 Å². The number of aliphatic hydroxyl groups excluding tert-OH is 3. The van der Waals surface area contributed by atoms with E-state index in [2.05, 4.69) is 24.5 Å². The van der Waals surface area contributed by atoms with Crippen molar-refractivity contribution in [2.24, 2.45) is 17.2 Å². The van der Waals surface area contributed by atoms with Crippen molar-refractivity contribution < 1.29 is 49.8 Å². The average molecular weight is 888 g/mol. The van der Waals surface area contributed by atoms with Crippen molar-refractivity contribution in [2.75, 3.05) is 41.3 Å². The minimum atomic E-state index is -0.838. The molecule has 0 bridgehead atoms. The van der Waals surface area contributed by atoms with E-state index in [4.69, 9.17) is 22.3 Å². The number of ether oxygens (including phenoxy) is 1. The van der Waals surface area contributed by atoms with Crippen LogP contribution in [0.1, 0.15) is 69.6 Å². The molecule has 9 atom stereocenters. The first-order chi connectivity index (χ1) is 27.3. The van der Waals surface area contributed by atoms with Gasteiger partial charge in [-0.15, -0.1) is 12.4 Å². The minimum Gasteiger partial charge on any atom is -0.480 e. The third-order valence-corrected chi connectivity index (χ3v) is 9.31. The number of hydrogen-bond donors (Lipinski definition) is 9. The summed E-state index contributed by atoms with van der Waals surface area (Å²) < 4.78 is 4.14. The Labute approximate surface area is 364 Å². The number of likely N-dealkylation sites (N-methyl/N-ethyl adjacent to an activating group) is 3. The fraction of sp³-hybridized carbons (Fsp3) is 0.463. The van der Waals surface area contributed by atoms with Gasteiger partial charge >= 0.3 is 11.9 Å². The largest absolute Gasteiger partial charge is 0.480 e. The molecule has 0 aliphatic rings. The molecule has 19 heteroatoms. The minimum absolute atomic E-state index is 0. The lowest BCUT2D eigenvalue weighted by atomic mass is 10.0. The highest BCUT2D eigenvalue weighted by Crippen LogP contribution is 2.21. The second-order valence-electron chi connectivity index (χ2n) is 13.1. The van der Waals surface area contributed by atoms with Crippen molar-refractivity contribution >= 4 is 45.6 Å². The molecule has 17 nitrogen and oxygen atoms in total. The van der Waals surface area contributed by atoms with E-state index in [1.165, 1.54) is 16.9 Å². The Bertz CT molecular complexity index is 1550. The fourth-order valence-corrected chi connectivity index (χ4v) is 4.57. The van der Waals surface area contributed by atoms with Gasteiger partial charge in [-0.3, -0.25) is 24.3 Å². The van der Waals surface area contributed by atoms with Crippen molar-refractivity contribution in [3.05, 3.63) is 108 Å². The number of benzene rings is 3. The molecule has 1 unspecified atom stereocenters. The van der Waals surface area contributed by atoms with Crippen molar-refractivity contribution in [1.82, 2.24) is 20.2 Å². The van der Waals surface area contributed by atoms with Gasteiger partial charge in [-0.2, -0.15) is 0 Å². The summed E-state index contributed by atoms with van der Waals surface area (Å²) >= 11 is 0. The molecule has 342 valence electrons. The van der Waals surface area contributed by atoms with Crippen LogP contribution in [0.15, 0.2) is 91.0 Å². The third-order valence-electron chi connectivity index (χ3n) is 8.81. The summed E-state index contributed by atoms with van der Waals surface area (Å²) in [6.45, 7) is 8.69. The van der Waals surface area contributed by atoms with Crippen LogP contribution in [0.5, 0.6) is 0 Å². The molecule has 3 aromatic rings. The molecule has 0 fully saturated rings. The molecule has 14 N–H and O–H groups in total. The van der Waals surface area contributed by atoms with Crippen LogP contribution < -0.4 is 27.6 Å². The summed E-state index contributed by atoms with van der Waals surface area (Å²) in [6.07, 6.45) is -1.82. The smallest absolute Gasteiger partial charge is 0.320 e. The first kappa shape index (κ1) is 62.5. The number of halogens is 1. The number of nitrogens with one attached hydrogen (secondary N) is 2. The normalized spacial score (nSPS) is 13.8. The zero-order valence-electron chi connectivity index (χ0n) is 36.1. The van der Waals surface area contributed by atoms with Gasteiger partial charge < -0.3 is 63.0 Å². The maximum Gasteiger partial charge on any atom is 0.320 e.